The first-order valence-electron chi connectivity index (χ1n) is 6.52. The zero-order valence-electron chi connectivity index (χ0n) is 11.2. The van der Waals surface area contributed by atoms with Crippen LogP contribution in [0.5, 0.6) is 0 Å². The van der Waals surface area contributed by atoms with Gasteiger partial charge in [-0.05, 0) is 33.4 Å². The van der Waals surface area contributed by atoms with Gasteiger partial charge >= 0.3 is 0 Å². The van der Waals surface area contributed by atoms with Crippen LogP contribution in [0.25, 0.3) is 0 Å². The topological polar surface area (TPSA) is 29.3 Å². The molecule has 0 saturated carbocycles. The minimum atomic E-state index is 0.212. The normalized spacial score (nSPS) is 15.6. The molecule has 0 aromatic carbocycles. The minimum Gasteiger partial charge on any atom is -0.329 e. The van der Waals surface area contributed by atoms with Gasteiger partial charge in [-0.1, -0.05) is 39.5 Å². The number of hydrogen-bond donors (Lipinski definition) is 1. The summed E-state index contributed by atoms with van der Waals surface area (Å²) >= 11 is 0. The Hall–Kier alpha value is -0.0800. The van der Waals surface area contributed by atoms with E-state index in [4.69, 9.17) is 5.73 Å². The molecule has 0 aliphatic carbocycles. The molecule has 0 aromatic heterocycles. The van der Waals surface area contributed by atoms with Crippen molar-refractivity contribution in [2.75, 3.05) is 20.1 Å². The van der Waals surface area contributed by atoms with E-state index in [2.05, 4.69) is 32.7 Å². The third kappa shape index (κ3) is 5.53. The number of nitrogens with two attached hydrogens (primary N) is 1. The molecule has 0 aliphatic heterocycles. The van der Waals surface area contributed by atoms with Crippen molar-refractivity contribution in [1.29, 1.82) is 0 Å². The quantitative estimate of drug-likeness (QED) is 0.598. The van der Waals surface area contributed by atoms with Crippen molar-refractivity contribution in [3.8, 4) is 0 Å². The molecule has 0 saturated heterocycles. The van der Waals surface area contributed by atoms with Gasteiger partial charge in [0.05, 0.1) is 0 Å². The van der Waals surface area contributed by atoms with Crippen molar-refractivity contribution in [2.45, 2.75) is 64.8 Å². The van der Waals surface area contributed by atoms with Crippen LogP contribution in [0.1, 0.15) is 59.3 Å². The Morgan fingerprint density at radius 2 is 1.73 bits per heavy atom. The van der Waals surface area contributed by atoms with E-state index in [1.807, 2.05) is 0 Å². The second-order valence-electron chi connectivity index (χ2n) is 4.93. The van der Waals surface area contributed by atoms with E-state index in [0.717, 1.165) is 13.1 Å². The highest BCUT2D eigenvalue weighted by Crippen LogP contribution is 2.20. The zero-order valence-corrected chi connectivity index (χ0v) is 11.2. The molecule has 1 atom stereocenters. The maximum absolute atomic E-state index is 5.91. The highest BCUT2D eigenvalue weighted by molar-refractivity contribution is 4.85. The van der Waals surface area contributed by atoms with Gasteiger partial charge < -0.3 is 5.73 Å². The van der Waals surface area contributed by atoms with Crippen LogP contribution in [0.3, 0.4) is 0 Å². The van der Waals surface area contributed by atoms with Gasteiger partial charge in [0.1, 0.15) is 0 Å². The smallest absolute Gasteiger partial charge is 0.0300 e. The molecule has 2 nitrogen and oxygen atoms in total. The molecule has 0 heterocycles. The van der Waals surface area contributed by atoms with Gasteiger partial charge in [0, 0.05) is 12.1 Å². The first-order chi connectivity index (χ1) is 7.10. The molecule has 0 spiro atoms. The van der Waals surface area contributed by atoms with Crippen molar-refractivity contribution in [3.63, 3.8) is 0 Å². The molecule has 0 bridgehead atoms. The van der Waals surface area contributed by atoms with Crippen LogP contribution in [0.2, 0.25) is 0 Å². The summed E-state index contributed by atoms with van der Waals surface area (Å²) < 4.78 is 0. The van der Waals surface area contributed by atoms with Crippen LogP contribution in [-0.2, 0) is 0 Å². The van der Waals surface area contributed by atoms with E-state index in [0.29, 0.717) is 0 Å². The molecule has 2 N–H and O–H groups in total. The number of rotatable bonds is 9. The van der Waals surface area contributed by atoms with E-state index in [1.54, 1.807) is 0 Å². The van der Waals surface area contributed by atoms with Crippen LogP contribution < -0.4 is 5.73 Å². The summed E-state index contributed by atoms with van der Waals surface area (Å²) in [7, 11) is 2.20. The molecular weight excluding hydrogens is 184 g/mol. The lowest BCUT2D eigenvalue weighted by atomic mass is 9.92. The van der Waals surface area contributed by atoms with Crippen LogP contribution in [-0.4, -0.2) is 30.6 Å². The maximum atomic E-state index is 5.91. The fourth-order valence-electron chi connectivity index (χ4n) is 1.99. The van der Waals surface area contributed by atoms with Gasteiger partial charge in [-0.3, -0.25) is 4.90 Å². The Labute approximate surface area is 96.2 Å². The van der Waals surface area contributed by atoms with Crippen molar-refractivity contribution in [2.24, 2.45) is 5.73 Å². The summed E-state index contributed by atoms with van der Waals surface area (Å²) in [6.07, 6.45) is 7.78. The lowest BCUT2D eigenvalue weighted by Crippen LogP contribution is -2.49. The summed E-state index contributed by atoms with van der Waals surface area (Å²) in [6.45, 7) is 8.71. The number of likely N-dealkylation sites (N-methyl/N-ethyl adjacent to an activating group) is 1. The van der Waals surface area contributed by atoms with Gasteiger partial charge in [-0.25, -0.2) is 0 Å². The Kier molecular flexibility index (Phi) is 8.07. The first-order valence-corrected chi connectivity index (χ1v) is 6.52. The highest BCUT2D eigenvalue weighted by Gasteiger charge is 2.26. The Balaban J connectivity index is 3.94. The molecule has 2 heteroatoms. The fraction of sp³-hybridized carbons (Fsp3) is 1.00. The largest absolute Gasteiger partial charge is 0.329 e. The molecule has 15 heavy (non-hydrogen) atoms. The Bertz CT molecular complexity index is 147. The molecule has 92 valence electrons. The van der Waals surface area contributed by atoms with Crippen molar-refractivity contribution in [3.05, 3.63) is 0 Å². The van der Waals surface area contributed by atoms with Gasteiger partial charge in [0.25, 0.3) is 0 Å². The molecule has 0 aliphatic rings. The van der Waals surface area contributed by atoms with E-state index < -0.39 is 0 Å². The molecular formula is C13H30N2. The lowest BCUT2D eigenvalue weighted by Gasteiger charge is -2.38. The Morgan fingerprint density at radius 3 is 2.20 bits per heavy atom. The van der Waals surface area contributed by atoms with Gasteiger partial charge in [-0.15, -0.1) is 0 Å². The molecule has 0 amide bonds. The molecule has 1 unspecified atom stereocenters. The predicted molar refractivity (Wildman–Crippen MR) is 69.1 cm³/mol. The van der Waals surface area contributed by atoms with Crippen LogP contribution in [0.15, 0.2) is 0 Å². The maximum Gasteiger partial charge on any atom is 0.0300 e. The zero-order chi connectivity index (χ0) is 11.7. The van der Waals surface area contributed by atoms with E-state index >= 15 is 0 Å². The van der Waals surface area contributed by atoms with Crippen molar-refractivity contribution < 1.29 is 0 Å². The monoisotopic (exact) mass is 214 g/mol. The average Bonchev–Trinajstić information content (AvgIpc) is 2.24. The summed E-state index contributed by atoms with van der Waals surface area (Å²) in [5, 5.41) is 0. The average molecular weight is 214 g/mol. The first kappa shape index (κ1) is 14.9. The molecule has 0 rings (SSSR count). The van der Waals surface area contributed by atoms with Crippen LogP contribution in [0.4, 0.5) is 0 Å². The number of unbranched alkanes of at least 4 members (excludes halogenated alkanes) is 3. The van der Waals surface area contributed by atoms with E-state index in [9.17, 15) is 0 Å². The van der Waals surface area contributed by atoms with Crippen molar-refractivity contribution >= 4 is 0 Å². The highest BCUT2D eigenvalue weighted by atomic mass is 15.2. The van der Waals surface area contributed by atoms with Gasteiger partial charge in [-0.2, -0.15) is 0 Å². The third-order valence-corrected chi connectivity index (χ3v) is 3.49. The lowest BCUT2D eigenvalue weighted by molar-refractivity contribution is 0.130. The summed E-state index contributed by atoms with van der Waals surface area (Å²) in [6, 6.07) is 0. The predicted octanol–water partition coefficient (Wildman–Crippen LogP) is 3.02. The number of hydrogen-bond acceptors (Lipinski definition) is 2. The second-order valence-corrected chi connectivity index (χ2v) is 4.93. The third-order valence-electron chi connectivity index (χ3n) is 3.49. The summed E-state index contributed by atoms with van der Waals surface area (Å²) in [4.78, 5) is 2.43. The summed E-state index contributed by atoms with van der Waals surface area (Å²) in [5.74, 6) is 0. The van der Waals surface area contributed by atoms with Gasteiger partial charge in [0.2, 0.25) is 0 Å². The van der Waals surface area contributed by atoms with E-state index in [-0.39, 0.29) is 5.54 Å². The fourth-order valence-corrected chi connectivity index (χ4v) is 1.99. The standard InChI is InChI=1S/C13H30N2/c1-5-7-8-9-10-13(3,12-14)15(4)11-6-2/h5-12,14H2,1-4H3. The van der Waals surface area contributed by atoms with Gasteiger partial charge in [0.15, 0.2) is 0 Å². The summed E-state index contributed by atoms with van der Waals surface area (Å²) in [5.41, 5.74) is 6.12. The Morgan fingerprint density at radius 1 is 1.07 bits per heavy atom. The second kappa shape index (κ2) is 8.12. The molecule has 0 radical (unpaired) electrons. The van der Waals surface area contributed by atoms with Crippen molar-refractivity contribution in [1.82, 2.24) is 4.90 Å². The van der Waals surface area contributed by atoms with E-state index in [1.165, 1.54) is 38.5 Å². The molecule has 0 fully saturated rings. The minimum absolute atomic E-state index is 0.212. The van der Waals surface area contributed by atoms with Crippen LogP contribution in [0, 0.1) is 0 Å². The SMILES string of the molecule is CCCCCCC(C)(CN)N(C)CCC. The van der Waals surface area contributed by atoms with Crippen LogP contribution >= 0.6 is 0 Å². The number of nitrogens with zero attached hydrogens (tertiary/aromatic N) is 1. The molecule has 0 aromatic rings.